The summed E-state index contributed by atoms with van der Waals surface area (Å²) in [6, 6.07) is 20.5. The molecule has 0 fully saturated rings. The summed E-state index contributed by atoms with van der Waals surface area (Å²) in [5.41, 5.74) is 6.30. The van der Waals surface area contributed by atoms with Crippen LogP contribution < -0.4 is 11.0 Å². The van der Waals surface area contributed by atoms with Gasteiger partial charge in [-0.25, -0.2) is 10.4 Å². The predicted molar refractivity (Wildman–Crippen MR) is 109 cm³/mol. The molecule has 5 rings (SSSR count). The van der Waals surface area contributed by atoms with Crippen molar-refractivity contribution in [3.05, 3.63) is 90.2 Å². The number of aromatic amines is 1. The van der Waals surface area contributed by atoms with E-state index in [0.29, 0.717) is 22.5 Å². The number of H-pyrrole nitrogens is 1. The van der Waals surface area contributed by atoms with Gasteiger partial charge in [-0.15, -0.1) is 5.10 Å². The maximum Gasteiger partial charge on any atom is 0.271 e. The van der Waals surface area contributed by atoms with Gasteiger partial charge in [-0.05, 0) is 36.4 Å². The van der Waals surface area contributed by atoms with Gasteiger partial charge in [0.25, 0.3) is 5.91 Å². The molecule has 0 saturated heterocycles. The molecule has 0 aliphatic heterocycles. The molecule has 0 saturated carbocycles. The minimum absolute atomic E-state index is 0.255. The lowest BCUT2D eigenvalue weighted by Crippen LogP contribution is -2.22. The van der Waals surface area contributed by atoms with E-state index in [1.165, 1.54) is 0 Å². The van der Waals surface area contributed by atoms with Crippen LogP contribution in [0.4, 0.5) is 0 Å². The normalized spacial score (nSPS) is 11.8. The third kappa shape index (κ3) is 3.25. The summed E-state index contributed by atoms with van der Waals surface area (Å²) >= 11 is 0. The number of para-hydroxylation sites is 3. The van der Waals surface area contributed by atoms with Crippen LogP contribution in [0.3, 0.4) is 0 Å². The zero-order valence-electron chi connectivity index (χ0n) is 15.2. The Balaban J connectivity index is 1.64. The molecule has 0 aliphatic rings. The number of carbonyl (C=O) groups excluding carboxylic acids is 1. The van der Waals surface area contributed by atoms with E-state index in [1.807, 2.05) is 54.6 Å². The lowest BCUT2D eigenvalue weighted by Gasteiger charge is -2.03. The Morgan fingerprint density at radius 2 is 1.79 bits per heavy atom. The first-order valence-corrected chi connectivity index (χ1v) is 9.00. The maximum atomic E-state index is 12.4. The highest BCUT2D eigenvalue weighted by Gasteiger charge is 2.12. The van der Waals surface area contributed by atoms with Crippen molar-refractivity contribution in [1.29, 1.82) is 0 Å². The number of pyridine rings is 1. The van der Waals surface area contributed by atoms with Gasteiger partial charge in [-0.2, -0.15) is 0 Å². The van der Waals surface area contributed by atoms with E-state index in [0.717, 1.165) is 16.4 Å². The lowest BCUT2D eigenvalue weighted by molar-refractivity contribution is 0.0951. The van der Waals surface area contributed by atoms with Crippen molar-refractivity contribution in [3.8, 4) is 11.4 Å². The van der Waals surface area contributed by atoms with Crippen molar-refractivity contribution >= 4 is 27.9 Å². The minimum atomic E-state index is -0.355. The number of rotatable bonds is 3. The van der Waals surface area contributed by atoms with Crippen LogP contribution in [0.25, 0.3) is 33.4 Å². The highest BCUT2D eigenvalue weighted by molar-refractivity contribution is 5.93. The third-order valence-electron chi connectivity index (χ3n) is 4.50. The third-order valence-corrected chi connectivity index (χ3v) is 4.50. The molecular formula is C22H15N5O2. The van der Waals surface area contributed by atoms with Crippen molar-refractivity contribution in [2.45, 2.75) is 0 Å². The SMILES string of the molecule is O=C(N/N=c1/oc2ccccc2cc1-c1nc2ccccc2[nH]1)c1ccncc1. The summed E-state index contributed by atoms with van der Waals surface area (Å²) in [6.07, 6.45) is 3.10. The fourth-order valence-electron chi connectivity index (χ4n) is 3.07. The Morgan fingerprint density at radius 3 is 2.66 bits per heavy atom. The molecule has 0 unspecified atom stereocenters. The molecule has 2 aromatic carbocycles. The molecular weight excluding hydrogens is 366 g/mol. The second-order valence-corrected chi connectivity index (χ2v) is 6.39. The molecule has 0 spiro atoms. The van der Waals surface area contributed by atoms with Crippen molar-refractivity contribution in [2.75, 3.05) is 0 Å². The van der Waals surface area contributed by atoms with Crippen LogP contribution in [0.5, 0.6) is 0 Å². The number of imidazole rings is 1. The first-order valence-electron chi connectivity index (χ1n) is 9.00. The monoisotopic (exact) mass is 381 g/mol. The van der Waals surface area contributed by atoms with Crippen LogP contribution in [0.2, 0.25) is 0 Å². The number of hydrogen-bond acceptors (Lipinski definition) is 5. The fourth-order valence-corrected chi connectivity index (χ4v) is 3.07. The molecule has 7 nitrogen and oxygen atoms in total. The van der Waals surface area contributed by atoms with Gasteiger partial charge in [0.2, 0.25) is 5.55 Å². The smallest absolute Gasteiger partial charge is 0.271 e. The Bertz CT molecular complexity index is 1370. The molecule has 29 heavy (non-hydrogen) atoms. The number of hydrogen-bond donors (Lipinski definition) is 2. The van der Waals surface area contributed by atoms with Gasteiger partial charge in [-0.1, -0.05) is 30.3 Å². The molecule has 140 valence electrons. The average molecular weight is 381 g/mol. The second-order valence-electron chi connectivity index (χ2n) is 6.39. The second kappa shape index (κ2) is 7.05. The van der Waals surface area contributed by atoms with Crippen LogP contribution in [0.15, 0.2) is 88.6 Å². The van der Waals surface area contributed by atoms with Crippen LogP contribution in [0.1, 0.15) is 10.4 Å². The number of nitrogens with zero attached hydrogens (tertiary/aromatic N) is 3. The first-order chi connectivity index (χ1) is 14.3. The summed E-state index contributed by atoms with van der Waals surface area (Å²) in [4.78, 5) is 24.2. The quantitative estimate of drug-likeness (QED) is 0.467. The first kappa shape index (κ1) is 16.9. The van der Waals surface area contributed by atoms with Crippen molar-refractivity contribution < 1.29 is 9.21 Å². The molecule has 0 radical (unpaired) electrons. The summed E-state index contributed by atoms with van der Waals surface area (Å²) in [5, 5.41) is 5.14. The average Bonchev–Trinajstić information content (AvgIpc) is 3.21. The van der Waals surface area contributed by atoms with Crippen LogP contribution >= 0.6 is 0 Å². The number of carbonyl (C=O) groups is 1. The van der Waals surface area contributed by atoms with Crippen molar-refractivity contribution in [2.24, 2.45) is 5.10 Å². The largest absolute Gasteiger partial charge is 0.436 e. The van der Waals surface area contributed by atoms with Gasteiger partial charge < -0.3 is 9.40 Å². The van der Waals surface area contributed by atoms with Gasteiger partial charge in [-0.3, -0.25) is 9.78 Å². The van der Waals surface area contributed by atoms with Crippen molar-refractivity contribution in [1.82, 2.24) is 20.4 Å². The van der Waals surface area contributed by atoms with E-state index in [1.54, 1.807) is 24.5 Å². The zero-order valence-corrected chi connectivity index (χ0v) is 15.2. The van der Waals surface area contributed by atoms with Gasteiger partial charge >= 0.3 is 0 Å². The van der Waals surface area contributed by atoms with Crippen LogP contribution in [-0.2, 0) is 0 Å². The van der Waals surface area contributed by atoms with E-state index in [9.17, 15) is 4.79 Å². The topological polar surface area (TPSA) is 96.2 Å². The van der Waals surface area contributed by atoms with E-state index in [4.69, 9.17) is 4.42 Å². The molecule has 3 heterocycles. The molecule has 0 aliphatic carbocycles. The number of benzene rings is 2. The number of fused-ring (bicyclic) bond motifs is 2. The summed E-state index contributed by atoms with van der Waals surface area (Å²) < 4.78 is 5.98. The molecule has 3 aromatic heterocycles. The fraction of sp³-hybridized carbons (Fsp3) is 0. The van der Waals surface area contributed by atoms with E-state index in [2.05, 4.69) is 25.5 Å². The molecule has 0 bridgehead atoms. The van der Waals surface area contributed by atoms with E-state index in [-0.39, 0.29) is 11.5 Å². The number of aromatic nitrogens is 3. The number of amides is 1. The van der Waals surface area contributed by atoms with E-state index >= 15 is 0 Å². The molecule has 0 atom stereocenters. The summed E-state index contributed by atoms with van der Waals surface area (Å²) in [5.74, 6) is 0.254. The van der Waals surface area contributed by atoms with Gasteiger partial charge in [0, 0.05) is 23.3 Å². The van der Waals surface area contributed by atoms with Crippen LogP contribution in [0, 0.1) is 0 Å². The Morgan fingerprint density at radius 1 is 1.00 bits per heavy atom. The van der Waals surface area contributed by atoms with Crippen LogP contribution in [-0.4, -0.2) is 20.9 Å². The Labute approximate surface area is 164 Å². The highest BCUT2D eigenvalue weighted by atomic mass is 16.3. The van der Waals surface area contributed by atoms with Gasteiger partial charge in [0.1, 0.15) is 11.4 Å². The molecule has 2 N–H and O–H groups in total. The Kier molecular flexibility index (Phi) is 4.10. The summed E-state index contributed by atoms with van der Waals surface area (Å²) in [6.45, 7) is 0. The lowest BCUT2D eigenvalue weighted by atomic mass is 10.2. The zero-order chi connectivity index (χ0) is 19.6. The standard InChI is InChI=1S/C22H15N5O2/c28-21(14-9-11-23-12-10-14)26-27-22-16(13-15-5-1-4-8-19(15)29-22)20-24-17-6-2-3-7-18(17)25-20/h1-13H,(H,24,25)(H,26,28)/b27-22+. The van der Waals surface area contributed by atoms with Gasteiger partial charge in [0.05, 0.1) is 16.6 Å². The number of nitrogens with one attached hydrogen (secondary N) is 2. The maximum absolute atomic E-state index is 12.4. The van der Waals surface area contributed by atoms with Gasteiger partial charge in [0.15, 0.2) is 0 Å². The Hall–Kier alpha value is -4.26. The van der Waals surface area contributed by atoms with E-state index < -0.39 is 0 Å². The molecule has 5 aromatic rings. The highest BCUT2D eigenvalue weighted by Crippen LogP contribution is 2.21. The summed E-state index contributed by atoms with van der Waals surface area (Å²) in [7, 11) is 0. The molecule has 7 heteroatoms. The van der Waals surface area contributed by atoms with Crippen molar-refractivity contribution in [3.63, 3.8) is 0 Å². The predicted octanol–water partition coefficient (Wildman–Crippen LogP) is 3.62. The molecule has 1 amide bonds. The minimum Gasteiger partial charge on any atom is -0.436 e.